The normalized spacial score (nSPS) is 23.1. The zero-order chi connectivity index (χ0) is 12.4. The van der Waals surface area contributed by atoms with Crippen LogP contribution in [0, 0.1) is 0 Å². The molecule has 5 nitrogen and oxygen atoms in total. The van der Waals surface area contributed by atoms with Crippen LogP contribution >= 0.6 is 0 Å². The third-order valence-corrected chi connectivity index (χ3v) is 2.03. The van der Waals surface area contributed by atoms with E-state index in [1.54, 1.807) is 17.2 Å². The molecular weight excluding hydrogens is 222 g/mol. The number of nitrogens with zero attached hydrogens (tertiary/aromatic N) is 1. The minimum atomic E-state index is -0.426. The summed E-state index contributed by atoms with van der Waals surface area (Å²) >= 11 is 0. The molecule has 0 radical (unpaired) electrons. The summed E-state index contributed by atoms with van der Waals surface area (Å²) in [5.74, 6) is -0.123. The Bertz CT molecular complexity index is 495. The Hall–Kier alpha value is -2.30. The van der Waals surface area contributed by atoms with E-state index in [1.807, 2.05) is 14.1 Å². The number of cyclic esters (lactones) is 2. The van der Waals surface area contributed by atoms with Gasteiger partial charge in [-0.15, -0.1) is 0 Å². The fourth-order valence-electron chi connectivity index (χ4n) is 1.40. The van der Waals surface area contributed by atoms with Gasteiger partial charge < -0.3 is 14.4 Å². The zero-order valence-electron chi connectivity index (χ0n) is 9.47. The lowest BCUT2D eigenvalue weighted by atomic mass is 10.2. The highest BCUT2D eigenvalue weighted by Crippen LogP contribution is 2.21. The second kappa shape index (κ2) is 4.29. The van der Waals surface area contributed by atoms with Crippen molar-refractivity contribution in [2.24, 2.45) is 0 Å². The van der Waals surface area contributed by atoms with Crippen molar-refractivity contribution in [3.8, 4) is 0 Å². The molecular formula is C12H11NO4. The molecule has 0 saturated heterocycles. The maximum atomic E-state index is 11.4. The highest BCUT2D eigenvalue weighted by atomic mass is 16.6. The van der Waals surface area contributed by atoms with Crippen molar-refractivity contribution in [2.45, 2.75) is 0 Å². The van der Waals surface area contributed by atoms with Crippen LogP contribution in [-0.4, -0.2) is 30.9 Å². The van der Waals surface area contributed by atoms with Crippen molar-refractivity contribution in [3.05, 3.63) is 47.6 Å². The minimum absolute atomic E-state index is 0.359. The lowest BCUT2D eigenvalue weighted by Crippen LogP contribution is -2.06. The van der Waals surface area contributed by atoms with Crippen LogP contribution in [0.2, 0.25) is 0 Å². The van der Waals surface area contributed by atoms with Crippen LogP contribution < -0.4 is 0 Å². The Kier molecular flexibility index (Phi) is 2.82. The summed E-state index contributed by atoms with van der Waals surface area (Å²) in [6.45, 7) is 0. The van der Waals surface area contributed by atoms with Crippen molar-refractivity contribution < 1.29 is 19.1 Å². The van der Waals surface area contributed by atoms with Gasteiger partial charge in [-0.2, -0.15) is 0 Å². The third kappa shape index (κ3) is 2.63. The fourth-order valence-corrected chi connectivity index (χ4v) is 1.40. The van der Waals surface area contributed by atoms with Crippen molar-refractivity contribution in [1.29, 1.82) is 0 Å². The number of carbonyl (C=O) groups excluding carboxylic acids is 2. The molecule has 0 aromatic carbocycles. The summed E-state index contributed by atoms with van der Waals surface area (Å²) in [6, 6.07) is 0. The Balaban J connectivity index is 2.17. The molecule has 0 aromatic rings. The Morgan fingerprint density at radius 2 is 1.94 bits per heavy atom. The fraction of sp³-hybridized carbons (Fsp3) is 0.167. The predicted molar refractivity (Wildman–Crippen MR) is 59.3 cm³/mol. The van der Waals surface area contributed by atoms with E-state index in [4.69, 9.17) is 9.47 Å². The first-order valence-corrected chi connectivity index (χ1v) is 4.98. The maximum absolute atomic E-state index is 11.4. The van der Waals surface area contributed by atoms with Crippen LogP contribution in [0.5, 0.6) is 0 Å². The van der Waals surface area contributed by atoms with Crippen LogP contribution in [0.3, 0.4) is 0 Å². The van der Waals surface area contributed by atoms with Crippen LogP contribution in [0.4, 0.5) is 0 Å². The van der Waals surface area contributed by atoms with Gasteiger partial charge in [-0.3, -0.25) is 0 Å². The number of allylic oxidation sites excluding steroid dienone is 2. The topological polar surface area (TPSA) is 55.8 Å². The molecule has 0 bridgehead atoms. The standard InChI is InChI=1S/C12H11NO4/c1-13(2)7-8-5-10(17-12(8)15)6-9-3-4-11(14)16-9/h3-7H,1-2H3/b8-7-,9-6-. The summed E-state index contributed by atoms with van der Waals surface area (Å²) in [7, 11) is 3.62. The number of hydrogen-bond donors (Lipinski definition) is 0. The zero-order valence-corrected chi connectivity index (χ0v) is 9.47. The number of hydrogen-bond acceptors (Lipinski definition) is 5. The second-order valence-electron chi connectivity index (χ2n) is 3.79. The lowest BCUT2D eigenvalue weighted by Gasteiger charge is -2.03. The van der Waals surface area contributed by atoms with Gasteiger partial charge >= 0.3 is 11.9 Å². The molecule has 5 heteroatoms. The molecule has 88 valence electrons. The molecule has 0 atom stereocenters. The van der Waals surface area contributed by atoms with Gasteiger partial charge in [0.25, 0.3) is 0 Å². The van der Waals surface area contributed by atoms with E-state index in [2.05, 4.69) is 0 Å². The summed E-state index contributed by atoms with van der Waals surface area (Å²) in [5, 5.41) is 0. The highest BCUT2D eigenvalue weighted by Gasteiger charge is 2.21. The average molecular weight is 233 g/mol. The Morgan fingerprint density at radius 1 is 1.18 bits per heavy atom. The summed E-state index contributed by atoms with van der Waals surface area (Å²) in [6.07, 6.45) is 7.57. The van der Waals surface area contributed by atoms with E-state index >= 15 is 0 Å². The summed E-state index contributed by atoms with van der Waals surface area (Å²) < 4.78 is 9.82. The molecule has 0 unspecified atom stereocenters. The molecule has 2 aliphatic rings. The number of esters is 2. The third-order valence-electron chi connectivity index (χ3n) is 2.03. The van der Waals surface area contributed by atoms with Gasteiger partial charge in [0, 0.05) is 32.4 Å². The van der Waals surface area contributed by atoms with E-state index in [-0.39, 0.29) is 0 Å². The Labute approximate surface area is 98.3 Å². The van der Waals surface area contributed by atoms with Crippen molar-refractivity contribution >= 4 is 11.9 Å². The van der Waals surface area contributed by atoms with Crippen LogP contribution in [-0.2, 0) is 19.1 Å². The van der Waals surface area contributed by atoms with Crippen LogP contribution in [0.1, 0.15) is 0 Å². The highest BCUT2D eigenvalue weighted by molar-refractivity contribution is 5.95. The average Bonchev–Trinajstić information content (AvgIpc) is 2.74. The van der Waals surface area contributed by atoms with Crippen LogP contribution in [0.25, 0.3) is 0 Å². The van der Waals surface area contributed by atoms with Gasteiger partial charge in [-0.25, -0.2) is 9.59 Å². The second-order valence-corrected chi connectivity index (χ2v) is 3.79. The first kappa shape index (κ1) is 11.2. The number of ether oxygens (including phenoxy) is 2. The van der Waals surface area contributed by atoms with Crippen molar-refractivity contribution in [3.63, 3.8) is 0 Å². The molecule has 2 heterocycles. The summed E-state index contributed by atoms with van der Waals surface area (Å²) in [5.41, 5.74) is 0.454. The molecule has 0 saturated carbocycles. The van der Waals surface area contributed by atoms with E-state index in [9.17, 15) is 9.59 Å². The minimum Gasteiger partial charge on any atom is -0.423 e. The van der Waals surface area contributed by atoms with Gasteiger partial charge in [0.15, 0.2) is 0 Å². The molecule has 2 aliphatic heterocycles. The molecule has 0 aromatic heterocycles. The Morgan fingerprint density at radius 3 is 2.53 bits per heavy atom. The molecule has 0 aliphatic carbocycles. The van der Waals surface area contributed by atoms with E-state index in [0.29, 0.717) is 17.1 Å². The smallest absolute Gasteiger partial charge is 0.345 e. The summed E-state index contributed by atoms with van der Waals surface area (Å²) in [4.78, 5) is 24.0. The molecule has 0 N–H and O–H groups in total. The lowest BCUT2D eigenvalue weighted by molar-refractivity contribution is -0.133. The number of rotatable bonds is 2. The molecule has 2 rings (SSSR count). The molecule has 0 amide bonds. The van der Waals surface area contributed by atoms with E-state index in [1.165, 1.54) is 18.2 Å². The first-order chi connectivity index (χ1) is 8.04. The largest absolute Gasteiger partial charge is 0.423 e. The quantitative estimate of drug-likeness (QED) is 0.523. The van der Waals surface area contributed by atoms with Crippen molar-refractivity contribution in [2.75, 3.05) is 14.1 Å². The van der Waals surface area contributed by atoms with Gasteiger partial charge in [0.2, 0.25) is 0 Å². The van der Waals surface area contributed by atoms with Gasteiger partial charge in [-0.1, -0.05) is 0 Å². The molecule has 0 fully saturated rings. The predicted octanol–water partition coefficient (Wildman–Crippen LogP) is 0.869. The SMILES string of the molecule is CN(C)/C=C1C=C(/C=C2/C=CC(=O)O2)OC/1=O. The van der Waals surface area contributed by atoms with Crippen LogP contribution in [0.15, 0.2) is 47.6 Å². The molecule has 0 spiro atoms. The van der Waals surface area contributed by atoms with Gasteiger partial charge in [0.1, 0.15) is 11.5 Å². The van der Waals surface area contributed by atoms with Gasteiger partial charge in [0.05, 0.1) is 5.57 Å². The number of carbonyl (C=O) groups is 2. The van der Waals surface area contributed by atoms with Gasteiger partial charge in [-0.05, 0) is 12.2 Å². The molecule has 17 heavy (non-hydrogen) atoms. The van der Waals surface area contributed by atoms with Crippen molar-refractivity contribution in [1.82, 2.24) is 4.90 Å². The van der Waals surface area contributed by atoms with E-state index < -0.39 is 11.9 Å². The van der Waals surface area contributed by atoms with E-state index in [0.717, 1.165) is 0 Å². The maximum Gasteiger partial charge on any atom is 0.345 e. The monoisotopic (exact) mass is 233 g/mol. The first-order valence-electron chi connectivity index (χ1n) is 4.98.